The summed E-state index contributed by atoms with van der Waals surface area (Å²) in [7, 11) is 2.12. The van der Waals surface area contributed by atoms with Gasteiger partial charge in [0.1, 0.15) is 0 Å². The maximum Gasteiger partial charge on any atom is 0.0128 e. The van der Waals surface area contributed by atoms with E-state index in [0.29, 0.717) is 0 Å². The van der Waals surface area contributed by atoms with Crippen molar-refractivity contribution in [2.45, 2.75) is 32.6 Å². The molecule has 0 N–H and O–H groups in total. The Morgan fingerprint density at radius 2 is 2.27 bits per heavy atom. The van der Waals surface area contributed by atoms with Crippen LogP contribution < -0.4 is 0 Å². The fourth-order valence-corrected chi connectivity index (χ4v) is 1.37. The lowest BCUT2D eigenvalue weighted by atomic mass is 10.1. The Kier molecular flexibility index (Phi) is 3.21. The Labute approximate surface area is 69.4 Å². The first-order valence-corrected chi connectivity index (χ1v) is 4.43. The second-order valence-electron chi connectivity index (χ2n) is 2.98. The molecule has 1 rings (SSSR count). The highest BCUT2D eigenvalue weighted by Crippen LogP contribution is 2.13. The number of hydrogen-bond donors (Lipinski definition) is 0. The van der Waals surface area contributed by atoms with Crippen molar-refractivity contribution in [2.75, 3.05) is 7.05 Å². The number of rotatable bonds is 1. The maximum atomic E-state index is 2.35. The first-order valence-electron chi connectivity index (χ1n) is 4.43. The molecule has 0 spiro atoms. The zero-order valence-electron chi connectivity index (χ0n) is 7.51. The van der Waals surface area contributed by atoms with E-state index < -0.39 is 0 Å². The van der Waals surface area contributed by atoms with Crippen molar-refractivity contribution in [2.24, 2.45) is 0 Å². The van der Waals surface area contributed by atoms with Crippen LogP contribution in [0.25, 0.3) is 0 Å². The zero-order valence-corrected chi connectivity index (χ0v) is 7.51. The van der Waals surface area contributed by atoms with Crippen LogP contribution in [0.2, 0.25) is 0 Å². The molecule has 11 heavy (non-hydrogen) atoms. The molecule has 0 fully saturated rings. The molecule has 0 amide bonds. The molecular weight excluding hydrogens is 134 g/mol. The Hall–Kier alpha value is -0.720. The third kappa shape index (κ3) is 2.41. The summed E-state index contributed by atoms with van der Waals surface area (Å²) in [6, 6.07) is 0. The molecule has 0 aromatic heterocycles. The quantitative estimate of drug-likeness (QED) is 0.557. The van der Waals surface area contributed by atoms with Crippen LogP contribution in [0.3, 0.4) is 0 Å². The maximum absolute atomic E-state index is 2.35. The second-order valence-corrected chi connectivity index (χ2v) is 2.98. The summed E-state index contributed by atoms with van der Waals surface area (Å²) < 4.78 is 0. The lowest BCUT2D eigenvalue weighted by molar-refractivity contribution is 0.533. The summed E-state index contributed by atoms with van der Waals surface area (Å²) >= 11 is 0. The molecule has 1 nitrogen and oxygen atoms in total. The average Bonchev–Trinajstić information content (AvgIpc) is 1.98. The Balaban J connectivity index is 2.63. The minimum atomic E-state index is 1.14. The van der Waals surface area contributed by atoms with Crippen LogP contribution >= 0.6 is 0 Å². The van der Waals surface area contributed by atoms with Gasteiger partial charge in [0.2, 0.25) is 0 Å². The fourth-order valence-electron chi connectivity index (χ4n) is 1.37. The number of allylic oxidation sites excluding steroid dienone is 3. The summed E-state index contributed by atoms with van der Waals surface area (Å²) in [5.74, 6) is 0. The van der Waals surface area contributed by atoms with Gasteiger partial charge in [-0.3, -0.25) is 0 Å². The number of hydrogen-bond acceptors (Lipinski definition) is 1. The third-order valence-electron chi connectivity index (χ3n) is 2.10. The molecule has 1 aliphatic rings. The summed E-state index contributed by atoms with van der Waals surface area (Å²) in [5.41, 5.74) is 1.45. The summed E-state index contributed by atoms with van der Waals surface area (Å²) in [6.07, 6.45) is 11.7. The minimum Gasteiger partial charge on any atom is -0.355 e. The monoisotopic (exact) mass is 151 g/mol. The van der Waals surface area contributed by atoms with Crippen LogP contribution in [0.15, 0.2) is 24.0 Å². The molecule has 0 unspecified atom stereocenters. The number of nitrogens with zero attached hydrogens (tertiary/aromatic N) is 1. The van der Waals surface area contributed by atoms with Crippen molar-refractivity contribution in [1.29, 1.82) is 0 Å². The molecule has 62 valence electrons. The molecule has 0 atom stereocenters. The van der Waals surface area contributed by atoms with E-state index in [1.165, 1.54) is 25.0 Å². The minimum absolute atomic E-state index is 1.14. The van der Waals surface area contributed by atoms with E-state index in [4.69, 9.17) is 0 Å². The lowest BCUT2D eigenvalue weighted by Gasteiger charge is -2.18. The van der Waals surface area contributed by atoms with E-state index in [1.807, 2.05) is 0 Å². The van der Waals surface area contributed by atoms with Gasteiger partial charge >= 0.3 is 0 Å². The van der Waals surface area contributed by atoms with Gasteiger partial charge in [0, 0.05) is 12.7 Å². The van der Waals surface area contributed by atoms with Crippen LogP contribution in [0.4, 0.5) is 0 Å². The van der Waals surface area contributed by atoms with Crippen molar-refractivity contribution in [3.05, 3.63) is 24.0 Å². The first-order chi connectivity index (χ1) is 5.34. The highest BCUT2D eigenvalue weighted by atomic mass is 15.1. The smallest absolute Gasteiger partial charge is 0.0128 e. The van der Waals surface area contributed by atoms with Gasteiger partial charge in [-0.2, -0.15) is 0 Å². The van der Waals surface area contributed by atoms with Crippen LogP contribution in [0.1, 0.15) is 32.6 Å². The van der Waals surface area contributed by atoms with Gasteiger partial charge < -0.3 is 4.90 Å². The second kappa shape index (κ2) is 4.22. The third-order valence-corrected chi connectivity index (χ3v) is 2.10. The van der Waals surface area contributed by atoms with Crippen LogP contribution in [-0.4, -0.2) is 11.9 Å². The van der Waals surface area contributed by atoms with Crippen LogP contribution in [-0.2, 0) is 0 Å². The van der Waals surface area contributed by atoms with Crippen molar-refractivity contribution >= 4 is 0 Å². The first kappa shape index (κ1) is 8.38. The molecule has 0 bridgehead atoms. The van der Waals surface area contributed by atoms with Gasteiger partial charge in [0.25, 0.3) is 0 Å². The van der Waals surface area contributed by atoms with E-state index >= 15 is 0 Å². The van der Waals surface area contributed by atoms with Crippen molar-refractivity contribution < 1.29 is 0 Å². The van der Waals surface area contributed by atoms with Gasteiger partial charge in [-0.05, 0) is 31.9 Å². The van der Waals surface area contributed by atoms with Gasteiger partial charge in [0.05, 0.1) is 0 Å². The standard InChI is InChI=1S/C10H17N/c1-3-10-8-6-4-5-7-9-11(10)2/h7-9H,3-6H2,1-2H3/b9-7-,10-8-. The normalized spacial score (nSPS) is 26.7. The van der Waals surface area contributed by atoms with Crippen molar-refractivity contribution in [3.63, 3.8) is 0 Å². The summed E-state index contributed by atoms with van der Waals surface area (Å²) in [6.45, 7) is 2.21. The highest BCUT2D eigenvalue weighted by molar-refractivity contribution is 5.05. The Morgan fingerprint density at radius 3 is 3.00 bits per heavy atom. The Morgan fingerprint density at radius 1 is 1.45 bits per heavy atom. The molecular formula is C10H17N. The fraction of sp³-hybridized carbons (Fsp3) is 0.600. The van der Waals surface area contributed by atoms with E-state index in [2.05, 4.69) is 37.2 Å². The molecule has 0 aromatic carbocycles. The molecule has 0 aromatic rings. The highest BCUT2D eigenvalue weighted by Gasteiger charge is 1.99. The van der Waals surface area contributed by atoms with E-state index in [1.54, 1.807) is 0 Å². The van der Waals surface area contributed by atoms with Crippen LogP contribution in [0, 0.1) is 0 Å². The van der Waals surface area contributed by atoms with Crippen molar-refractivity contribution in [1.82, 2.24) is 4.90 Å². The largest absolute Gasteiger partial charge is 0.355 e. The van der Waals surface area contributed by atoms with Gasteiger partial charge in [0.15, 0.2) is 0 Å². The topological polar surface area (TPSA) is 3.24 Å². The molecule has 0 saturated carbocycles. The molecule has 0 aliphatic carbocycles. The zero-order chi connectivity index (χ0) is 8.10. The lowest BCUT2D eigenvalue weighted by Crippen LogP contribution is -2.10. The predicted molar refractivity (Wildman–Crippen MR) is 49.1 cm³/mol. The molecule has 0 saturated heterocycles. The van der Waals surface area contributed by atoms with Crippen LogP contribution in [0.5, 0.6) is 0 Å². The molecule has 1 heteroatoms. The molecule has 0 radical (unpaired) electrons. The van der Waals surface area contributed by atoms with E-state index in [0.717, 1.165) is 6.42 Å². The average molecular weight is 151 g/mol. The summed E-state index contributed by atoms with van der Waals surface area (Å²) in [5, 5.41) is 0. The SMILES string of the molecule is CC/C1=C/CCC/C=C\N1C. The molecule has 1 aliphatic heterocycles. The van der Waals surface area contributed by atoms with Crippen molar-refractivity contribution in [3.8, 4) is 0 Å². The summed E-state index contributed by atoms with van der Waals surface area (Å²) in [4.78, 5) is 2.22. The van der Waals surface area contributed by atoms with Gasteiger partial charge in [-0.15, -0.1) is 0 Å². The van der Waals surface area contributed by atoms with Gasteiger partial charge in [-0.1, -0.05) is 19.1 Å². The predicted octanol–water partition coefficient (Wildman–Crippen LogP) is 2.91. The molecule has 1 heterocycles. The van der Waals surface area contributed by atoms with E-state index in [-0.39, 0.29) is 0 Å². The Bertz CT molecular complexity index is 168. The van der Waals surface area contributed by atoms with Gasteiger partial charge in [-0.25, -0.2) is 0 Å². The van der Waals surface area contributed by atoms with E-state index in [9.17, 15) is 0 Å².